The van der Waals surface area contributed by atoms with Crippen molar-refractivity contribution in [3.05, 3.63) is 34.9 Å². The second-order valence-electron chi connectivity index (χ2n) is 5.86. The van der Waals surface area contributed by atoms with Crippen LogP contribution in [0.1, 0.15) is 32.3 Å². The zero-order valence-corrected chi connectivity index (χ0v) is 13.0. The minimum absolute atomic E-state index is 0.206. The van der Waals surface area contributed by atoms with E-state index in [1.54, 1.807) is 0 Å². The lowest BCUT2D eigenvalue weighted by Gasteiger charge is -2.33. The maximum Gasteiger partial charge on any atom is 0.331 e. The fraction of sp³-hybridized carbons (Fsp3) is 0.562. The molecule has 0 heterocycles. The van der Waals surface area contributed by atoms with Crippen molar-refractivity contribution in [2.75, 3.05) is 13.7 Å². The zero-order valence-electron chi connectivity index (χ0n) is 12.3. The first-order valence-electron chi connectivity index (χ1n) is 7.10. The molecule has 0 aromatic heterocycles. The van der Waals surface area contributed by atoms with E-state index in [9.17, 15) is 4.79 Å². The number of methoxy groups -OCH3 is 1. The van der Waals surface area contributed by atoms with E-state index in [4.69, 9.17) is 16.3 Å². The van der Waals surface area contributed by atoms with Crippen LogP contribution >= 0.6 is 11.6 Å². The third-order valence-corrected chi connectivity index (χ3v) is 4.04. The topological polar surface area (TPSA) is 38.3 Å². The van der Waals surface area contributed by atoms with Crippen molar-refractivity contribution in [3.63, 3.8) is 0 Å². The van der Waals surface area contributed by atoms with Crippen molar-refractivity contribution in [2.24, 2.45) is 11.8 Å². The lowest BCUT2D eigenvalue weighted by molar-refractivity contribution is -0.150. The Labute approximate surface area is 125 Å². The molecule has 20 heavy (non-hydrogen) atoms. The van der Waals surface area contributed by atoms with Crippen LogP contribution in [-0.4, -0.2) is 19.6 Å². The number of esters is 1. The molecule has 3 nitrogen and oxygen atoms in total. The van der Waals surface area contributed by atoms with E-state index in [2.05, 4.69) is 19.2 Å². The molecule has 1 atom stereocenters. The first-order chi connectivity index (χ1) is 9.50. The molecule has 2 rings (SSSR count). The van der Waals surface area contributed by atoms with Crippen LogP contribution < -0.4 is 5.32 Å². The van der Waals surface area contributed by atoms with Crippen molar-refractivity contribution in [3.8, 4) is 0 Å². The van der Waals surface area contributed by atoms with Crippen LogP contribution in [0.5, 0.6) is 0 Å². The normalized spacial score (nSPS) is 17.9. The largest absolute Gasteiger partial charge is 0.467 e. The predicted octanol–water partition coefficient (Wildman–Crippen LogP) is 3.36. The number of ether oxygens (including phenoxy) is 1. The van der Waals surface area contributed by atoms with Crippen LogP contribution in [0.4, 0.5) is 0 Å². The lowest BCUT2D eigenvalue weighted by Crippen LogP contribution is -2.52. The van der Waals surface area contributed by atoms with E-state index < -0.39 is 5.54 Å². The zero-order chi connectivity index (χ0) is 14.8. The number of hydrogen-bond acceptors (Lipinski definition) is 3. The van der Waals surface area contributed by atoms with Crippen LogP contribution in [0.15, 0.2) is 24.3 Å². The summed E-state index contributed by atoms with van der Waals surface area (Å²) in [5, 5.41) is 4.14. The third-order valence-electron chi connectivity index (χ3n) is 3.79. The molecular weight excluding hydrogens is 274 g/mol. The second-order valence-corrected chi connectivity index (χ2v) is 6.29. The van der Waals surface area contributed by atoms with Gasteiger partial charge in [0.2, 0.25) is 0 Å². The Bertz CT molecular complexity index is 468. The van der Waals surface area contributed by atoms with Crippen LogP contribution in [-0.2, 0) is 15.1 Å². The summed E-state index contributed by atoms with van der Waals surface area (Å²) >= 11 is 5.96. The smallest absolute Gasteiger partial charge is 0.331 e. The fourth-order valence-corrected chi connectivity index (χ4v) is 2.72. The Morgan fingerprint density at radius 3 is 2.45 bits per heavy atom. The van der Waals surface area contributed by atoms with Gasteiger partial charge >= 0.3 is 5.97 Å². The Morgan fingerprint density at radius 2 is 2.00 bits per heavy atom. The van der Waals surface area contributed by atoms with E-state index in [0.717, 1.165) is 24.9 Å². The molecule has 0 bridgehead atoms. The summed E-state index contributed by atoms with van der Waals surface area (Å²) < 4.78 is 5.10. The summed E-state index contributed by atoms with van der Waals surface area (Å²) in [5.74, 6) is 0.558. The Balaban J connectivity index is 2.39. The molecule has 4 heteroatoms. The van der Waals surface area contributed by atoms with Gasteiger partial charge in [0.05, 0.1) is 7.11 Å². The molecule has 0 saturated heterocycles. The molecule has 1 saturated carbocycles. The van der Waals surface area contributed by atoms with Crippen molar-refractivity contribution in [1.82, 2.24) is 5.32 Å². The summed E-state index contributed by atoms with van der Waals surface area (Å²) in [6.45, 7) is 5.03. The van der Waals surface area contributed by atoms with E-state index in [0.29, 0.717) is 16.9 Å². The van der Waals surface area contributed by atoms with Gasteiger partial charge < -0.3 is 4.74 Å². The number of nitrogens with one attached hydrogen (secondary N) is 1. The minimum Gasteiger partial charge on any atom is -0.467 e. The first-order valence-corrected chi connectivity index (χ1v) is 7.48. The summed E-state index contributed by atoms with van der Waals surface area (Å²) in [4.78, 5) is 12.5. The third kappa shape index (κ3) is 2.99. The van der Waals surface area contributed by atoms with E-state index in [-0.39, 0.29) is 5.97 Å². The van der Waals surface area contributed by atoms with Gasteiger partial charge in [-0.2, -0.15) is 0 Å². The highest BCUT2D eigenvalue weighted by atomic mass is 35.5. The average Bonchev–Trinajstić information content (AvgIpc) is 3.25. The molecule has 0 radical (unpaired) electrons. The quantitative estimate of drug-likeness (QED) is 0.818. The fourth-order valence-electron chi connectivity index (χ4n) is 2.59. The first kappa shape index (κ1) is 15.3. The van der Waals surface area contributed by atoms with Crippen molar-refractivity contribution < 1.29 is 9.53 Å². The van der Waals surface area contributed by atoms with Gasteiger partial charge in [0.15, 0.2) is 0 Å². The molecule has 1 aromatic carbocycles. The minimum atomic E-state index is -0.733. The predicted molar refractivity (Wildman–Crippen MR) is 80.7 cm³/mol. The molecule has 1 fully saturated rings. The highest BCUT2D eigenvalue weighted by Gasteiger charge is 2.52. The number of halogens is 1. The number of benzene rings is 1. The number of carbonyl (C=O) groups is 1. The Kier molecular flexibility index (Phi) is 4.71. The Morgan fingerprint density at radius 1 is 1.40 bits per heavy atom. The van der Waals surface area contributed by atoms with Gasteiger partial charge in [-0.1, -0.05) is 37.6 Å². The Hall–Kier alpha value is -1.06. The van der Waals surface area contributed by atoms with Gasteiger partial charge in [-0.05, 0) is 48.9 Å². The maximum atomic E-state index is 12.5. The van der Waals surface area contributed by atoms with Gasteiger partial charge in [-0.25, -0.2) is 4.79 Å². The van der Waals surface area contributed by atoms with Gasteiger partial charge in [-0.3, -0.25) is 5.32 Å². The van der Waals surface area contributed by atoms with Crippen molar-refractivity contribution in [1.29, 1.82) is 0 Å². The SMILES string of the molecule is COC(=O)C(NCC(C)C)(c1ccc(Cl)cc1)C1CC1. The van der Waals surface area contributed by atoms with E-state index in [1.165, 1.54) is 7.11 Å². The van der Waals surface area contributed by atoms with Crippen molar-refractivity contribution >= 4 is 17.6 Å². The summed E-state index contributed by atoms with van der Waals surface area (Å²) in [7, 11) is 1.45. The average molecular weight is 296 g/mol. The molecule has 1 aliphatic carbocycles. The van der Waals surface area contributed by atoms with Crippen LogP contribution in [0.3, 0.4) is 0 Å². The molecule has 0 amide bonds. The maximum absolute atomic E-state index is 12.5. The van der Waals surface area contributed by atoms with E-state index in [1.807, 2.05) is 24.3 Å². The molecular formula is C16H22ClNO2. The molecule has 0 spiro atoms. The van der Waals surface area contributed by atoms with Gasteiger partial charge in [0.25, 0.3) is 0 Å². The molecule has 1 unspecified atom stereocenters. The van der Waals surface area contributed by atoms with Crippen LogP contribution in [0.25, 0.3) is 0 Å². The highest BCUT2D eigenvalue weighted by molar-refractivity contribution is 6.30. The second kappa shape index (κ2) is 6.15. The van der Waals surface area contributed by atoms with E-state index >= 15 is 0 Å². The summed E-state index contributed by atoms with van der Waals surface area (Å²) in [6, 6.07) is 7.50. The monoisotopic (exact) mass is 295 g/mol. The van der Waals surface area contributed by atoms with Gasteiger partial charge in [-0.15, -0.1) is 0 Å². The number of rotatable bonds is 6. The van der Waals surface area contributed by atoms with Crippen LogP contribution in [0.2, 0.25) is 5.02 Å². The summed E-state index contributed by atoms with van der Waals surface area (Å²) in [6.07, 6.45) is 2.09. The molecule has 1 N–H and O–H groups in total. The standard InChI is InChI=1S/C16H22ClNO2/c1-11(2)10-18-16(12-4-5-12,15(19)20-3)13-6-8-14(17)9-7-13/h6-9,11-12,18H,4-5,10H2,1-3H3. The lowest BCUT2D eigenvalue weighted by atomic mass is 9.84. The molecule has 1 aliphatic rings. The molecule has 110 valence electrons. The summed E-state index contributed by atoms with van der Waals surface area (Å²) in [5.41, 5.74) is 0.209. The van der Waals surface area contributed by atoms with Gasteiger partial charge in [0, 0.05) is 5.02 Å². The molecule has 0 aliphatic heterocycles. The number of hydrogen-bond donors (Lipinski definition) is 1. The molecule has 1 aromatic rings. The van der Waals surface area contributed by atoms with Crippen molar-refractivity contribution in [2.45, 2.75) is 32.2 Å². The van der Waals surface area contributed by atoms with Gasteiger partial charge in [0.1, 0.15) is 5.54 Å². The number of carbonyl (C=O) groups excluding carboxylic acids is 1. The highest BCUT2D eigenvalue weighted by Crippen LogP contribution is 2.46. The van der Waals surface area contributed by atoms with Crippen LogP contribution in [0, 0.1) is 11.8 Å².